The molecule has 0 unspecified atom stereocenters. The van der Waals surface area contributed by atoms with E-state index in [2.05, 4.69) is 17.4 Å². The van der Waals surface area contributed by atoms with Crippen molar-refractivity contribution in [2.75, 3.05) is 20.8 Å². The van der Waals surface area contributed by atoms with E-state index in [1.165, 1.54) is 12.0 Å². The van der Waals surface area contributed by atoms with Crippen LogP contribution in [-0.2, 0) is 0 Å². The van der Waals surface area contributed by atoms with Crippen molar-refractivity contribution in [1.82, 2.24) is 0 Å². The van der Waals surface area contributed by atoms with Crippen LogP contribution in [0.2, 0.25) is 0 Å². The highest BCUT2D eigenvalue weighted by Crippen LogP contribution is 2.44. The summed E-state index contributed by atoms with van der Waals surface area (Å²) < 4.78 is 10.7. The van der Waals surface area contributed by atoms with E-state index in [1.54, 1.807) is 14.2 Å². The van der Waals surface area contributed by atoms with Crippen LogP contribution in [-0.4, -0.2) is 31.5 Å². The van der Waals surface area contributed by atoms with Crippen LogP contribution in [0.25, 0.3) is 0 Å². The van der Waals surface area contributed by atoms with Crippen LogP contribution >= 0.6 is 0 Å². The maximum Gasteiger partial charge on any atom is 0.161 e. The molecule has 0 amide bonds. The number of hydrogen-bond donors (Lipinski definition) is 2. The Hall–Kier alpha value is -1.26. The Kier molecular flexibility index (Phi) is 4.09. The van der Waals surface area contributed by atoms with Crippen molar-refractivity contribution in [1.29, 1.82) is 0 Å². The molecule has 1 aromatic rings. The Morgan fingerprint density at radius 2 is 1.95 bits per heavy atom. The highest BCUT2D eigenvalue weighted by Gasteiger charge is 2.48. The van der Waals surface area contributed by atoms with Crippen LogP contribution < -0.4 is 14.8 Å². The molecule has 1 aromatic carbocycles. The first-order valence-electron chi connectivity index (χ1n) is 7.95. The minimum atomic E-state index is -0.467. The Labute approximate surface area is 126 Å². The minimum absolute atomic E-state index is 0.323. The standard InChI is InChI=1S/C17H25NO3/c1-20-14-7-6-12(11-15(14)21-2)16-13-5-3-4-8-17(13,19)9-10-18-16/h6-7,11,13,16,18-19H,3-5,8-10H2,1-2H3/p+1/t13-,16-,17-/m0/s1. The zero-order chi connectivity index (χ0) is 14.9. The summed E-state index contributed by atoms with van der Waals surface area (Å²) in [6, 6.07) is 6.48. The molecular weight excluding hydrogens is 266 g/mol. The smallest absolute Gasteiger partial charge is 0.161 e. The van der Waals surface area contributed by atoms with Gasteiger partial charge in [-0.05, 0) is 31.0 Å². The molecule has 3 N–H and O–H groups in total. The minimum Gasteiger partial charge on any atom is -0.493 e. The van der Waals surface area contributed by atoms with Gasteiger partial charge in [0.15, 0.2) is 11.5 Å². The lowest BCUT2D eigenvalue weighted by Gasteiger charge is -2.46. The third kappa shape index (κ3) is 2.62. The van der Waals surface area contributed by atoms with Crippen LogP contribution in [0, 0.1) is 5.92 Å². The van der Waals surface area contributed by atoms with Gasteiger partial charge in [0.1, 0.15) is 6.04 Å². The van der Waals surface area contributed by atoms with E-state index in [0.29, 0.717) is 12.0 Å². The first kappa shape index (κ1) is 14.7. The molecule has 0 radical (unpaired) electrons. The average molecular weight is 292 g/mol. The van der Waals surface area contributed by atoms with Crippen LogP contribution in [0.1, 0.15) is 43.7 Å². The number of nitrogens with two attached hydrogens (primary N) is 1. The molecular formula is C17H26NO3+. The second kappa shape index (κ2) is 5.85. The normalized spacial score (nSPS) is 32.3. The second-order valence-corrected chi connectivity index (χ2v) is 6.37. The molecule has 4 nitrogen and oxygen atoms in total. The molecule has 1 aliphatic carbocycles. The summed E-state index contributed by atoms with van der Waals surface area (Å²) in [6.07, 6.45) is 5.37. The van der Waals surface area contributed by atoms with E-state index in [4.69, 9.17) is 9.47 Å². The molecule has 2 fully saturated rings. The van der Waals surface area contributed by atoms with Crippen molar-refractivity contribution in [2.24, 2.45) is 5.92 Å². The van der Waals surface area contributed by atoms with Gasteiger partial charge in [0.2, 0.25) is 0 Å². The van der Waals surface area contributed by atoms with Crippen LogP contribution in [0.3, 0.4) is 0 Å². The largest absolute Gasteiger partial charge is 0.493 e. The van der Waals surface area contributed by atoms with Crippen LogP contribution in [0.5, 0.6) is 11.5 Å². The lowest BCUT2D eigenvalue weighted by atomic mass is 9.67. The van der Waals surface area contributed by atoms with Crippen molar-refractivity contribution < 1.29 is 19.9 Å². The molecule has 2 aliphatic rings. The van der Waals surface area contributed by atoms with Gasteiger partial charge >= 0.3 is 0 Å². The molecule has 1 aliphatic heterocycles. The SMILES string of the molecule is COc1ccc([C@@H]2[NH2+]CC[C@@]3(O)CCCC[C@@H]23)cc1OC. The number of fused-ring (bicyclic) bond motifs is 1. The monoisotopic (exact) mass is 292 g/mol. The van der Waals surface area contributed by atoms with Crippen molar-refractivity contribution in [3.8, 4) is 11.5 Å². The Morgan fingerprint density at radius 3 is 2.71 bits per heavy atom. The molecule has 0 aromatic heterocycles. The first-order chi connectivity index (χ1) is 10.2. The third-order valence-electron chi connectivity index (χ3n) is 5.29. The van der Waals surface area contributed by atoms with E-state index in [-0.39, 0.29) is 0 Å². The summed E-state index contributed by atoms with van der Waals surface area (Å²) >= 11 is 0. The van der Waals surface area contributed by atoms with Crippen molar-refractivity contribution in [2.45, 2.75) is 43.7 Å². The Morgan fingerprint density at radius 1 is 1.14 bits per heavy atom. The predicted octanol–water partition coefficient (Wildman–Crippen LogP) is 1.63. The lowest BCUT2D eigenvalue weighted by molar-refractivity contribution is -0.719. The number of rotatable bonds is 3. The van der Waals surface area contributed by atoms with E-state index in [9.17, 15) is 5.11 Å². The number of piperidine rings is 1. The summed E-state index contributed by atoms with van der Waals surface area (Å²) in [6.45, 7) is 0.992. The molecule has 0 spiro atoms. The van der Waals surface area contributed by atoms with Gasteiger partial charge in [-0.15, -0.1) is 0 Å². The van der Waals surface area contributed by atoms with Gasteiger partial charge in [-0.2, -0.15) is 0 Å². The average Bonchev–Trinajstić information content (AvgIpc) is 2.53. The molecule has 3 atom stereocenters. The van der Waals surface area contributed by atoms with E-state index in [1.807, 2.05) is 6.07 Å². The molecule has 21 heavy (non-hydrogen) atoms. The Bertz CT molecular complexity index is 501. The first-order valence-corrected chi connectivity index (χ1v) is 7.95. The summed E-state index contributed by atoms with van der Waals surface area (Å²) in [5.41, 5.74) is 0.767. The topological polar surface area (TPSA) is 55.3 Å². The number of aliphatic hydroxyl groups is 1. The predicted molar refractivity (Wildman–Crippen MR) is 80.6 cm³/mol. The van der Waals surface area contributed by atoms with Crippen LogP contribution in [0.4, 0.5) is 0 Å². The fourth-order valence-corrected chi connectivity index (χ4v) is 4.18. The molecule has 4 heteroatoms. The van der Waals surface area contributed by atoms with E-state index < -0.39 is 5.60 Å². The van der Waals surface area contributed by atoms with Gasteiger partial charge in [-0.1, -0.05) is 12.8 Å². The maximum atomic E-state index is 11.0. The lowest BCUT2D eigenvalue weighted by Crippen LogP contribution is -2.91. The number of quaternary nitrogens is 1. The Balaban J connectivity index is 1.91. The molecule has 3 rings (SSSR count). The highest BCUT2D eigenvalue weighted by atomic mass is 16.5. The summed E-state index contributed by atoms with van der Waals surface area (Å²) in [5.74, 6) is 1.88. The van der Waals surface area contributed by atoms with Gasteiger partial charge < -0.3 is 19.9 Å². The van der Waals surface area contributed by atoms with Crippen molar-refractivity contribution >= 4 is 0 Å². The molecule has 116 valence electrons. The van der Waals surface area contributed by atoms with Crippen molar-refractivity contribution in [3.63, 3.8) is 0 Å². The molecule has 1 saturated carbocycles. The summed E-state index contributed by atoms with van der Waals surface area (Å²) in [7, 11) is 3.33. The zero-order valence-corrected chi connectivity index (χ0v) is 13.0. The fraction of sp³-hybridized carbons (Fsp3) is 0.647. The van der Waals surface area contributed by atoms with Gasteiger partial charge in [0.25, 0.3) is 0 Å². The maximum absolute atomic E-state index is 11.0. The van der Waals surface area contributed by atoms with E-state index >= 15 is 0 Å². The van der Waals surface area contributed by atoms with Gasteiger partial charge in [0, 0.05) is 17.9 Å². The van der Waals surface area contributed by atoms with Gasteiger partial charge in [-0.25, -0.2) is 0 Å². The number of hydrogen-bond acceptors (Lipinski definition) is 3. The summed E-state index contributed by atoms with van der Waals surface area (Å²) in [5, 5.41) is 13.4. The van der Waals surface area contributed by atoms with Gasteiger partial charge in [0.05, 0.1) is 26.4 Å². The molecule has 1 heterocycles. The van der Waals surface area contributed by atoms with Gasteiger partial charge in [-0.3, -0.25) is 0 Å². The molecule has 0 bridgehead atoms. The second-order valence-electron chi connectivity index (χ2n) is 6.37. The fourth-order valence-electron chi connectivity index (χ4n) is 4.18. The number of ether oxygens (including phenoxy) is 2. The highest BCUT2D eigenvalue weighted by molar-refractivity contribution is 5.43. The summed E-state index contributed by atoms with van der Waals surface area (Å²) in [4.78, 5) is 0. The van der Waals surface area contributed by atoms with Crippen LogP contribution in [0.15, 0.2) is 18.2 Å². The quantitative estimate of drug-likeness (QED) is 0.890. The molecule has 1 saturated heterocycles. The number of benzene rings is 1. The third-order valence-corrected chi connectivity index (χ3v) is 5.29. The zero-order valence-electron chi connectivity index (χ0n) is 13.0. The van der Waals surface area contributed by atoms with Crippen molar-refractivity contribution in [3.05, 3.63) is 23.8 Å². The number of methoxy groups -OCH3 is 2. The van der Waals surface area contributed by atoms with E-state index in [0.717, 1.165) is 43.7 Å².